The average Bonchev–Trinajstić information content (AvgIpc) is 2.92. The first kappa shape index (κ1) is 14.7. The molecule has 0 aromatic carbocycles. The van der Waals surface area contributed by atoms with Crippen molar-refractivity contribution in [3.8, 4) is 0 Å². The van der Waals surface area contributed by atoms with Crippen LogP contribution in [0, 0.1) is 0 Å². The topological polar surface area (TPSA) is 106 Å². The number of carboxylic acids is 1. The third kappa shape index (κ3) is 3.86. The van der Waals surface area contributed by atoms with Crippen molar-refractivity contribution in [2.24, 2.45) is 0 Å². The highest BCUT2D eigenvalue weighted by molar-refractivity contribution is 6.05. The maximum absolute atomic E-state index is 12.0. The number of aromatic nitrogens is 3. The van der Waals surface area contributed by atoms with Crippen LogP contribution in [-0.4, -0.2) is 45.5 Å². The van der Waals surface area contributed by atoms with E-state index in [9.17, 15) is 9.59 Å². The van der Waals surface area contributed by atoms with Crippen molar-refractivity contribution in [2.75, 3.05) is 19.0 Å². The molecule has 0 aliphatic carbocycles. The second-order valence-electron chi connectivity index (χ2n) is 4.17. The molecule has 8 nitrogen and oxygen atoms in total. The quantitative estimate of drug-likeness (QED) is 0.817. The van der Waals surface area contributed by atoms with Gasteiger partial charge in [0.05, 0.1) is 25.0 Å². The van der Waals surface area contributed by atoms with Crippen molar-refractivity contribution in [3.63, 3.8) is 0 Å². The summed E-state index contributed by atoms with van der Waals surface area (Å²) in [4.78, 5) is 26.5. The van der Waals surface area contributed by atoms with Crippen LogP contribution < -0.4 is 5.32 Å². The summed E-state index contributed by atoms with van der Waals surface area (Å²) in [5.74, 6) is -1.61. The Morgan fingerprint density at radius 2 is 2.29 bits per heavy atom. The van der Waals surface area contributed by atoms with E-state index in [1.54, 1.807) is 18.0 Å². The molecule has 0 unspecified atom stereocenters. The number of nitrogens with zero attached hydrogens (tertiary/aromatic N) is 3. The fourth-order valence-corrected chi connectivity index (χ4v) is 1.63. The van der Waals surface area contributed by atoms with Crippen LogP contribution in [0.15, 0.2) is 30.7 Å². The van der Waals surface area contributed by atoms with Gasteiger partial charge in [0.15, 0.2) is 0 Å². The number of carbonyl (C=O) groups is 2. The molecular formula is C13H14N4O4. The summed E-state index contributed by atoms with van der Waals surface area (Å²) in [6.45, 7) is 1.09. The van der Waals surface area contributed by atoms with E-state index in [-0.39, 0.29) is 11.3 Å². The minimum Gasteiger partial charge on any atom is -0.477 e. The van der Waals surface area contributed by atoms with E-state index in [0.29, 0.717) is 18.8 Å². The molecule has 2 heterocycles. The molecule has 8 heteroatoms. The SMILES string of the molecule is COCCn1cc(NC(=O)c2ccnc(C(=O)O)c2)cn1. The molecule has 0 atom stereocenters. The number of anilines is 1. The van der Waals surface area contributed by atoms with Gasteiger partial charge in [-0.05, 0) is 12.1 Å². The summed E-state index contributed by atoms with van der Waals surface area (Å²) >= 11 is 0. The molecule has 2 N–H and O–H groups in total. The van der Waals surface area contributed by atoms with Gasteiger partial charge in [-0.15, -0.1) is 0 Å². The Bertz CT molecular complexity index is 653. The van der Waals surface area contributed by atoms with Crippen LogP contribution in [0.1, 0.15) is 20.8 Å². The van der Waals surface area contributed by atoms with Gasteiger partial charge in [0.2, 0.25) is 0 Å². The lowest BCUT2D eigenvalue weighted by Gasteiger charge is -2.03. The predicted molar refractivity (Wildman–Crippen MR) is 73.3 cm³/mol. The largest absolute Gasteiger partial charge is 0.477 e. The molecule has 0 aliphatic rings. The van der Waals surface area contributed by atoms with Gasteiger partial charge in [-0.2, -0.15) is 5.10 Å². The van der Waals surface area contributed by atoms with Crippen LogP contribution in [0.25, 0.3) is 0 Å². The molecular weight excluding hydrogens is 276 g/mol. The van der Waals surface area contributed by atoms with Crippen LogP contribution >= 0.6 is 0 Å². The average molecular weight is 290 g/mol. The molecule has 1 amide bonds. The van der Waals surface area contributed by atoms with Crippen molar-refractivity contribution in [1.82, 2.24) is 14.8 Å². The number of pyridine rings is 1. The highest BCUT2D eigenvalue weighted by atomic mass is 16.5. The van der Waals surface area contributed by atoms with Crippen molar-refractivity contribution in [3.05, 3.63) is 42.0 Å². The third-order valence-electron chi connectivity index (χ3n) is 2.66. The van der Waals surface area contributed by atoms with Gasteiger partial charge in [-0.25, -0.2) is 9.78 Å². The first-order chi connectivity index (χ1) is 10.1. The first-order valence-electron chi connectivity index (χ1n) is 6.12. The molecule has 0 radical (unpaired) electrons. The molecule has 0 saturated heterocycles. The molecule has 2 rings (SSSR count). The van der Waals surface area contributed by atoms with Gasteiger partial charge < -0.3 is 15.2 Å². The number of nitrogens with one attached hydrogen (secondary N) is 1. The standard InChI is InChI=1S/C13H14N4O4/c1-21-5-4-17-8-10(7-15-17)16-12(18)9-2-3-14-11(6-9)13(19)20/h2-3,6-8H,4-5H2,1H3,(H,16,18)(H,19,20). The van der Waals surface area contributed by atoms with Crippen molar-refractivity contribution in [1.29, 1.82) is 0 Å². The number of hydrogen-bond acceptors (Lipinski definition) is 5. The molecule has 21 heavy (non-hydrogen) atoms. The number of rotatable bonds is 6. The number of hydrogen-bond donors (Lipinski definition) is 2. The maximum Gasteiger partial charge on any atom is 0.354 e. The van der Waals surface area contributed by atoms with Crippen molar-refractivity contribution < 1.29 is 19.4 Å². The van der Waals surface area contributed by atoms with E-state index < -0.39 is 11.9 Å². The number of ether oxygens (including phenoxy) is 1. The van der Waals surface area contributed by atoms with Crippen LogP contribution in [0.3, 0.4) is 0 Å². The number of carboxylic acid groups (broad SMARTS) is 1. The summed E-state index contributed by atoms with van der Waals surface area (Å²) in [6.07, 6.45) is 4.45. The minimum absolute atomic E-state index is 0.182. The Hall–Kier alpha value is -2.74. The van der Waals surface area contributed by atoms with Gasteiger partial charge in [0.25, 0.3) is 5.91 Å². The lowest BCUT2D eigenvalue weighted by Crippen LogP contribution is -2.13. The van der Waals surface area contributed by atoms with Gasteiger partial charge in [-0.1, -0.05) is 0 Å². The normalized spacial score (nSPS) is 10.3. The highest BCUT2D eigenvalue weighted by Crippen LogP contribution is 2.09. The van der Waals surface area contributed by atoms with E-state index in [4.69, 9.17) is 9.84 Å². The van der Waals surface area contributed by atoms with Crippen molar-refractivity contribution >= 4 is 17.6 Å². The molecule has 2 aromatic heterocycles. The Kier molecular flexibility index (Phi) is 4.62. The Balaban J connectivity index is 2.05. The predicted octanol–water partition coefficient (Wildman–Crippen LogP) is 0.875. The lowest BCUT2D eigenvalue weighted by atomic mass is 10.2. The van der Waals surface area contributed by atoms with Crippen LogP contribution in [0.4, 0.5) is 5.69 Å². The Morgan fingerprint density at radius 3 is 3.00 bits per heavy atom. The Morgan fingerprint density at radius 1 is 1.48 bits per heavy atom. The molecule has 0 saturated carbocycles. The fourth-order valence-electron chi connectivity index (χ4n) is 1.63. The van der Waals surface area contributed by atoms with Gasteiger partial charge in [-0.3, -0.25) is 9.48 Å². The zero-order valence-corrected chi connectivity index (χ0v) is 11.3. The second kappa shape index (κ2) is 6.62. The monoisotopic (exact) mass is 290 g/mol. The van der Waals surface area contributed by atoms with Crippen LogP contribution in [0.2, 0.25) is 0 Å². The zero-order chi connectivity index (χ0) is 15.2. The van der Waals surface area contributed by atoms with E-state index in [1.165, 1.54) is 24.5 Å². The van der Waals surface area contributed by atoms with E-state index >= 15 is 0 Å². The van der Waals surface area contributed by atoms with Crippen LogP contribution in [0.5, 0.6) is 0 Å². The first-order valence-corrected chi connectivity index (χ1v) is 6.12. The third-order valence-corrected chi connectivity index (χ3v) is 2.66. The minimum atomic E-state index is -1.18. The summed E-state index contributed by atoms with van der Waals surface area (Å²) in [6, 6.07) is 2.66. The molecule has 0 aliphatic heterocycles. The lowest BCUT2D eigenvalue weighted by molar-refractivity contribution is 0.0690. The second-order valence-corrected chi connectivity index (χ2v) is 4.17. The maximum atomic E-state index is 12.0. The summed E-state index contributed by atoms with van der Waals surface area (Å²) in [5.41, 5.74) is 0.551. The zero-order valence-electron chi connectivity index (χ0n) is 11.3. The summed E-state index contributed by atoms with van der Waals surface area (Å²) < 4.78 is 6.56. The molecule has 2 aromatic rings. The molecule has 110 valence electrons. The summed E-state index contributed by atoms with van der Waals surface area (Å²) in [5, 5.41) is 15.5. The number of amides is 1. The van der Waals surface area contributed by atoms with Crippen LogP contribution in [-0.2, 0) is 11.3 Å². The van der Waals surface area contributed by atoms with E-state index in [0.717, 1.165) is 0 Å². The van der Waals surface area contributed by atoms with E-state index in [1.807, 2.05) is 0 Å². The number of carbonyl (C=O) groups excluding carboxylic acids is 1. The van der Waals surface area contributed by atoms with Gasteiger partial charge in [0.1, 0.15) is 5.69 Å². The van der Waals surface area contributed by atoms with Crippen molar-refractivity contribution in [2.45, 2.75) is 6.54 Å². The molecule has 0 fully saturated rings. The fraction of sp³-hybridized carbons (Fsp3) is 0.231. The van der Waals surface area contributed by atoms with Gasteiger partial charge in [0, 0.05) is 25.1 Å². The van der Waals surface area contributed by atoms with E-state index in [2.05, 4.69) is 15.4 Å². The smallest absolute Gasteiger partial charge is 0.354 e. The summed E-state index contributed by atoms with van der Waals surface area (Å²) in [7, 11) is 1.59. The highest BCUT2D eigenvalue weighted by Gasteiger charge is 2.11. The molecule has 0 spiro atoms. The number of methoxy groups -OCH3 is 1. The number of aromatic carboxylic acids is 1. The van der Waals surface area contributed by atoms with Gasteiger partial charge >= 0.3 is 5.97 Å². The molecule has 0 bridgehead atoms. The Labute approximate surface area is 120 Å².